The molecule has 0 atom stereocenters. The fourth-order valence-corrected chi connectivity index (χ4v) is 2.74. The van der Waals surface area contributed by atoms with Gasteiger partial charge in [-0.15, -0.1) is 0 Å². The van der Waals surface area contributed by atoms with E-state index in [2.05, 4.69) is 52.0 Å². The molecule has 2 rings (SSSR count). The summed E-state index contributed by atoms with van der Waals surface area (Å²) in [7, 11) is 0. The third kappa shape index (κ3) is 3.59. The van der Waals surface area contributed by atoms with Crippen LogP contribution in [-0.4, -0.2) is 21.5 Å². The first-order valence-corrected chi connectivity index (χ1v) is 8.07. The minimum absolute atomic E-state index is 0.380. The molecule has 0 saturated heterocycles. The van der Waals surface area contributed by atoms with Gasteiger partial charge in [-0.05, 0) is 47.3 Å². The number of rotatable bonds is 5. The molecule has 0 amide bonds. The third-order valence-electron chi connectivity index (χ3n) is 3.23. The summed E-state index contributed by atoms with van der Waals surface area (Å²) in [4.78, 5) is 13.7. The van der Waals surface area contributed by atoms with Crippen molar-refractivity contribution in [1.82, 2.24) is 15.0 Å². The fraction of sp³-hybridized carbons (Fsp3) is 0.438. The number of pyridine rings is 1. The zero-order chi connectivity index (χ0) is 15.4. The van der Waals surface area contributed by atoms with Gasteiger partial charge < -0.3 is 5.32 Å². The standard InChI is InChI=1S/C16H21BrN4/c1-5-8-19-15-13(10(2)3)11(4)20-16(21-15)14-12(17)7-6-9-18-14/h6-7,9-10H,5,8H2,1-4H3,(H,19,20,21). The lowest BCUT2D eigenvalue weighted by Crippen LogP contribution is -2.11. The summed E-state index contributed by atoms with van der Waals surface area (Å²) in [5.41, 5.74) is 2.96. The van der Waals surface area contributed by atoms with Crippen molar-refractivity contribution in [2.45, 2.75) is 40.0 Å². The van der Waals surface area contributed by atoms with Gasteiger partial charge in [-0.25, -0.2) is 9.97 Å². The highest BCUT2D eigenvalue weighted by Gasteiger charge is 2.17. The SMILES string of the molecule is CCCNc1nc(-c2ncccc2Br)nc(C)c1C(C)C. The predicted molar refractivity (Wildman–Crippen MR) is 90.6 cm³/mol. The van der Waals surface area contributed by atoms with Crippen molar-refractivity contribution in [2.24, 2.45) is 0 Å². The van der Waals surface area contributed by atoms with E-state index in [-0.39, 0.29) is 0 Å². The van der Waals surface area contributed by atoms with Gasteiger partial charge in [0, 0.05) is 28.5 Å². The summed E-state index contributed by atoms with van der Waals surface area (Å²) in [6.45, 7) is 9.41. The molecule has 4 nitrogen and oxygen atoms in total. The van der Waals surface area contributed by atoms with Crippen molar-refractivity contribution < 1.29 is 0 Å². The van der Waals surface area contributed by atoms with Crippen molar-refractivity contribution in [3.05, 3.63) is 34.1 Å². The maximum Gasteiger partial charge on any atom is 0.181 e. The van der Waals surface area contributed by atoms with Crippen molar-refractivity contribution in [3.63, 3.8) is 0 Å². The molecule has 2 aromatic rings. The first-order valence-electron chi connectivity index (χ1n) is 7.27. The monoisotopic (exact) mass is 348 g/mol. The molecule has 0 aliphatic carbocycles. The number of hydrogen-bond acceptors (Lipinski definition) is 4. The molecule has 0 saturated carbocycles. The molecule has 0 unspecified atom stereocenters. The zero-order valence-electron chi connectivity index (χ0n) is 12.9. The van der Waals surface area contributed by atoms with E-state index in [0.29, 0.717) is 11.7 Å². The molecule has 0 aliphatic rings. The van der Waals surface area contributed by atoms with Crippen molar-refractivity contribution in [2.75, 3.05) is 11.9 Å². The number of nitrogens with one attached hydrogen (secondary N) is 1. The van der Waals surface area contributed by atoms with Gasteiger partial charge in [-0.1, -0.05) is 20.8 Å². The maximum absolute atomic E-state index is 4.71. The number of nitrogens with zero attached hydrogens (tertiary/aromatic N) is 3. The molecule has 1 N–H and O–H groups in total. The van der Waals surface area contributed by atoms with Gasteiger partial charge in [0.05, 0.1) is 0 Å². The Balaban J connectivity index is 2.54. The molecule has 0 fully saturated rings. The number of aryl methyl sites for hydroxylation is 1. The second kappa shape index (κ2) is 6.98. The topological polar surface area (TPSA) is 50.7 Å². The summed E-state index contributed by atoms with van der Waals surface area (Å²) in [6, 6.07) is 3.84. The fourth-order valence-electron chi connectivity index (χ4n) is 2.31. The summed E-state index contributed by atoms with van der Waals surface area (Å²) in [5.74, 6) is 1.96. The first kappa shape index (κ1) is 15.9. The van der Waals surface area contributed by atoms with E-state index in [1.54, 1.807) is 6.20 Å². The van der Waals surface area contributed by atoms with Gasteiger partial charge in [0.2, 0.25) is 0 Å². The van der Waals surface area contributed by atoms with Crippen LogP contribution in [0.5, 0.6) is 0 Å². The molecular weight excluding hydrogens is 328 g/mol. The van der Waals surface area contributed by atoms with Gasteiger partial charge >= 0.3 is 0 Å². The van der Waals surface area contributed by atoms with Crippen LogP contribution in [0.25, 0.3) is 11.5 Å². The zero-order valence-corrected chi connectivity index (χ0v) is 14.5. The van der Waals surface area contributed by atoms with E-state index < -0.39 is 0 Å². The van der Waals surface area contributed by atoms with Gasteiger partial charge in [0.1, 0.15) is 11.5 Å². The van der Waals surface area contributed by atoms with Crippen LogP contribution in [0.2, 0.25) is 0 Å². The lowest BCUT2D eigenvalue weighted by molar-refractivity contribution is 0.826. The van der Waals surface area contributed by atoms with Crippen LogP contribution in [0.15, 0.2) is 22.8 Å². The van der Waals surface area contributed by atoms with E-state index in [9.17, 15) is 0 Å². The Morgan fingerprint density at radius 1 is 1.29 bits per heavy atom. The van der Waals surface area contributed by atoms with Gasteiger partial charge in [0.25, 0.3) is 0 Å². The highest BCUT2D eigenvalue weighted by molar-refractivity contribution is 9.10. The van der Waals surface area contributed by atoms with Crippen molar-refractivity contribution in [3.8, 4) is 11.5 Å². The summed E-state index contributed by atoms with van der Waals surface area (Å²) >= 11 is 3.52. The Morgan fingerprint density at radius 3 is 2.67 bits per heavy atom. The molecule has 2 aromatic heterocycles. The summed E-state index contributed by atoms with van der Waals surface area (Å²) in [5, 5.41) is 3.42. The number of anilines is 1. The van der Waals surface area contributed by atoms with Gasteiger partial charge in [0.15, 0.2) is 5.82 Å². The summed E-state index contributed by atoms with van der Waals surface area (Å²) in [6.07, 6.45) is 2.82. The van der Waals surface area contributed by atoms with Crippen LogP contribution >= 0.6 is 15.9 Å². The molecule has 0 aromatic carbocycles. The Labute approximate surface area is 134 Å². The Hall–Kier alpha value is -1.49. The minimum Gasteiger partial charge on any atom is -0.370 e. The number of aromatic nitrogens is 3. The van der Waals surface area contributed by atoms with E-state index in [0.717, 1.165) is 34.6 Å². The molecule has 2 heterocycles. The summed E-state index contributed by atoms with van der Waals surface area (Å²) < 4.78 is 0.906. The average Bonchev–Trinajstić information content (AvgIpc) is 2.44. The normalized spacial score (nSPS) is 11.0. The molecule has 112 valence electrons. The molecule has 0 bridgehead atoms. The van der Waals surface area contributed by atoms with Crippen LogP contribution < -0.4 is 5.32 Å². The lowest BCUT2D eigenvalue weighted by Gasteiger charge is -2.17. The van der Waals surface area contributed by atoms with Crippen LogP contribution in [0.1, 0.15) is 44.4 Å². The molecule has 0 spiro atoms. The van der Waals surface area contributed by atoms with Gasteiger partial charge in [-0.2, -0.15) is 0 Å². The molecule has 0 aliphatic heterocycles. The Morgan fingerprint density at radius 2 is 2.05 bits per heavy atom. The van der Waals surface area contributed by atoms with E-state index in [1.165, 1.54) is 5.56 Å². The molecule has 5 heteroatoms. The smallest absolute Gasteiger partial charge is 0.181 e. The van der Waals surface area contributed by atoms with Gasteiger partial charge in [-0.3, -0.25) is 4.98 Å². The Kier molecular flexibility index (Phi) is 5.28. The lowest BCUT2D eigenvalue weighted by atomic mass is 10.0. The second-order valence-electron chi connectivity index (χ2n) is 5.31. The highest BCUT2D eigenvalue weighted by Crippen LogP contribution is 2.29. The number of halogens is 1. The number of hydrogen-bond donors (Lipinski definition) is 1. The minimum atomic E-state index is 0.380. The third-order valence-corrected chi connectivity index (χ3v) is 3.87. The first-order chi connectivity index (χ1) is 10.0. The second-order valence-corrected chi connectivity index (χ2v) is 6.16. The molecular formula is C16H21BrN4. The average molecular weight is 349 g/mol. The highest BCUT2D eigenvalue weighted by atomic mass is 79.9. The van der Waals surface area contributed by atoms with E-state index in [1.807, 2.05) is 19.1 Å². The Bertz CT molecular complexity index is 626. The van der Waals surface area contributed by atoms with Crippen LogP contribution in [-0.2, 0) is 0 Å². The quantitative estimate of drug-likeness (QED) is 0.860. The van der Waals surface area contributed by atoms with Crippen LogP contribution in [0.3, 0.4) is 0 Å². The maximum atomic E-state index is 4.71. The van der Waals surface area contributed by atoms with E-state index in [4.69, 9.17) is 4.98 Å². The van der Waals surface area contributed by atoms with E-state index >= 15 is 0 Å². The largest absolute Gasteiger partial charge is 0.370 e. The predicted octanol–water partition coefficient (Wildman–Crippen LogP) is 4.55. The van der Waals surface area contributed by atoms with Crippen LogP contribution in [0.4, 0.5) is 5.82 Å². The van der Waals surface area contributed by atoms with Crippen molar-refractivity contribution in [1.29, 1.82) is 0 Å². The van der Waals surface area contributed by atoms with Crippen molar-refractivity contribution >= 4 is 21.7 Å². The van der Waals surface area contributed by atoms with Crippen LogP contribution in [0, 0.1) is 6.92 Å². The molecule has 0 radical (unpaired) electrons. The molecule has 21 heavy (non-hydrogen) atoms.